The molecule has 13 heteroatoms. The number of nitrogens with zero attached hydrogens (tertiary/aromatic N) is 1. The smallest absolute Gasteiger partial charge is 0.263 e. The molecule has 5 aliphatic rings. The van der Waals surface area contributed by atoms with Crippen molar-refractivity contribution in [2.75, 3.05) is 18.1 Å². The monoisotopic (exact) mass is 611 g/mol. The number of ether oxygens (including phenoxy) is 2. The topological polar surface area (TPSA) is 97.0 Å². The van der Waals surface area contributed by atoms with E-state index in [1.165, 1.54) is 42.2 Å². The second-order valence-electron chi connectivity index (χ2n) is 11.5. The zero-order chi connectivity index (χ0) is 29.3. The minimum absolute atomic E-state index is 0.0504. The van der Waals surface area contributed by atoms with Crippen molar-refractivity contribution in [1.82, 2.24) is 10.6 Å². The second-order valence-corrected chi connectivity index (χ2v) is 12.4. The van der Waals surface area contributed by atoms with Crippen molar-refractivity contribution in [3.05, 3.63) is 52.3 Å². The third-order valence-corrected chi connectivity index (χ3v) is 9.12. The molecule has 2 bridgehead atoms. The molecule has 0 spiro atoms. The predicted octanol–water partition coefficient (Wildman–Crippen LogP) is 4.50. The summed E-state index contributed by atoms with van der Waals surface area (Å²) in [5.74, 6) is -4.94. The molecular weight excluding hydrogens is 586 g/mol. The number of carbonyl (C=O) groups is 3. The molecule has 218 valence electrons. The molecule has 1 heterocycles. The van der Waals surface area contributed by atoms with Crippen LogP contribution in [0.15, 0.2) is 36.4 Å². The molecule has 3 atom stereocenters. The van der Waals surface area contributed by atoms with E-state index in [4.69, 9.17) is 32.7 Å². The van der Waals surface area contributed by atoms with Gasteiger partial charge in [0.2, 0.25) is 5.91 Å². The molecule has 0 aromatic heterocycles. The van der Waals surface area contributed by atoms with Crippen LogP contribution < -0.4 is 25.0 Å². The van der Waals surface area contributed by atoms with E-state index < -0.39 is 47.0 Å². The maximum absolute atomic E-state index is 14.1. The fourth-order valence-electron chi connectivity index (χ4n) is 6.14. The van der Waals surface area contributed by atoms with Crippen molar-refractivity contribution in [2.45, 2.75) is 56.2 Å². The molecule has 3 unspecified atom stereocenters. The highest BCUT2D eigenvalue weighted by atomic mass is 35.5. The van der Waals surface area contributed by atoms with Crippen LogP contribution >= 0.6 is 23.2 Å². The van der Waals surface area contributed by atoms with Gasteiger partial charge in [-0.15, -0.1) is 0 Å². The van der Waals surface area contributed by atoms with Crippen LogP contribution in [0.4, 0.5) is 18.9 Å². The number of benzene rings is 2. The highest BCUT2D eigenvalue weighted by molar-refractivity contribution is 6.31. The van der Waals surface area contributed by atoms with E-state index >= 15 is 0 Å². The van der Waals surface area contributed by atoms with E-state index in [2.05, 4.69) is 10.6 Å². The molecule has 2 aromatic rings. The number of alkyl halides is 2. The van der Waals surface area contributed by atoms with Gasteiger partial charge in [0.15, 0.2) is 12.7 Å². The summed E-state index contributed by atoms with van der Waals surface area (Å²) in [6.45, 7) is 0.652. The molecule has 4 fully saturated rings. The maximum Gasteiger partial charge on any atom is 0.263 e. The molecule has 0 saturated heterocycles. The SMILES string of the molecule is CC1(C(=O)N2CC(C(=O)NC3CC4(NC(=O)COc5ccc(Cl)c(F)c5)CC3C4)Oc3ccc(Cl)cc32)CC1(F)F. The Labute approximate surface area is 243 Å². The molecular formula is C28H26Cl2F3N3O5. The first-order valence-corrected chi connectivity index (χ1v) is 13.9. The Kier molecular flexibility index (Phi) is 6.61. The minimum Gasteiger partial charge on any atom is -0.484 e. The van der Waals surface area contributed by atoms with Gasteiger partial charge in [0.1, 0.15) is 22.7 Å². The number of carbonyl (C=O) groups excluding carboxylic acids is 3. The predicted molar refractivity (Wildman–Crippen MR) is 143 cm³/mol. The van der Waals surface area contributed by atoms with Gasteiger partial charge in [0, 0.05) is 29.1 Å². The third kappa shape index (κ3) is 4.97. The molecule has 0 radical (unpaired) electrons. The van der Waals surface area contributed by atoms with Crippen LogP contribution in [0.3, 0.4) is 0 Å². The summed E-state index contributed by atoms with van der Waals surface area (Å²) in [5, 5.41) is 6.18. The fourth-order valence-corrected chi connectivity index (χ4v) is 6.43. The third-order valence-electron chi connectivity index (χ3n) is 8.58. The van der Waals surface area contributed by atoms with Crippen LogP contribution in [-0.2, 0) is 14.4 Å². The van der Waals surface area contributed by atoms with E-state index in [0.717, 1.165) is 6.07 Å². The van der Waals surface area contributed by atoms with Crippen molar-refractivity contribution in [3.8, 4) is 11.5 Å². The summed E-state index contributed by atoms with van der Waals surface area (Å²) in [7, 11) is 0. The average Bonchev–Trinajstić information content (AvgIpc) is 3.13. The number of anilines is 1. The summed E-state index contributed by atoms with van der Waals surface area (Å²) >= 11 is 11.8. The first-order chi connectivity index (χ1) is 19.3. The standard InChI is InChI=1S/C28H26Cl2F3N3O5/c1-26(13-28(26,32)33)25(39)36-11-22(41-21-5-2-15(29)6-20(21)36)24(38)34-19-10-27(8-14(19)9-27)35-23(37)12-40-16-3-4-17(30)18(31)7-16/h2-7,14,19,22H,8-13H2,1H3,(H,34,38)(H,35,37). The molecule has 4 saturated carbocycles. The van der Waals surface area contributed by atoms with Gasteiger partial charge < -0.3 is 25.0 Å². The lowest BCUT2D eigenvalue weighted by atomic mass is 9.76. The number of halogens is 5. The van der Waals surface area contributed by atoms with Gasteiger partial charge in [-0.2, -0.15) is 0 Å². The second kappa shape index (κ2) is 9.69. The van der Waals surface area contributed by atoms with Gasteiger partial charge in [-0.1, -0.05) is 23.2 Å². The van der Waals surface area contributed by atoms with Crippen LogP contribution in [0.5, 0.6) is 11.5 Å². The minimum atomic E-state index is -3.13. The fraction of sp³-hybridized carbons (Fsp3) is 0.464. The van der Waals surface area contributed by atoms with Crippen molar-refractivity contribution in [1.29, 1.82) is 0 Å². The number of amides is 3. The van der Waals surface area contributed by atoms with E-state index in [0.29, 0.717) is 24.3 Å². The van der Waals surface area contributed by atoms with Crippen LogP contribution in [0.2, 0.25) is 10.0 Å². The maximum atomic E-state index is 14.1. The van der Waals surface area contributed by atoms with E-state index in [9.17, 15) is 27.6 Å². The molecule has 41 heavy (non-hydrogen) atoms. The van der Waals surface area contributed by atoms with Crippen molar-refractivity contribution >= 4 is 46.6 Å². The number of fused-ring (bicyclic) bond motifs is 2. The van der Waals surface area contributed by atoms with E-state index in [-0.39, 0.29) is 53.2 Å². The van der Waals surface area contributed by atoms with E-state index in [1.54, 1.807) is 0 Å². The summed E-state index contributed by atoms with van der Waals surface area (Å²) in [4.78, 5) is 40.2. The molecule has 4 aliphatic carbocycles. The van der Waals surface area contributed by atoms with E-state index in [1.807, 2.05) is 0 Å². The Bertz CT molecular complexity index is 1450. The van der Waals surface area contributed by atoms with Crippen LogP contribution in [0.1, 0.15) is 32.6 Å². The molecule has 2 aromatic carbocycles. The van der Waals surface area contributed by atoms with Crippen LogP contribution in [0, 0.1) is 17.2 Å². The Balaban J connectivity index is 1.07. The van der Waals surface area contributed by atoms with Gasteiger partial charge in [-0.25, -0.2) is 13.2 Å². The zero-order valence-electron chi connectivity index (χ0n) is 21.8. The molecule has 7 rings (SSSR count). The van der Waals surface area contributed by atoms with Crippen molar-refractivity contribution in [3.63, 3.8) is 0 Å². The number of hydrogen-bond acceptors (Lipinski definition) is 5. The van der Waals surface area contributed by atoms with Gasteiger partial charge in [0.25, 0.3) is 17.7 Å². The summed E-state index contributed by atoms with van der Waals surface area (Å²) < 4.78 is 53.0. The summed E-state index contributed by atoms with van der Waals surface area (Å²) in [6, 6.07) is 8.13. The number of hydrogen-bond donors (Lipinski definition) is 2. The van der Waals surface area contributed by atoms with Crippen LogP contribution in [0.25, 0.3) is 0 Å². The van der Waals surface area contributed by atoms with Gasteiger partial charge in [-0.3, -0.25) is 14.4 Å². The van der Waals surface area contributed by atoms with Gasteiger partial charge in [-0.05, 0) is 62.4 Å². The Morgan fingerprint density at radius 2 is 1.85 bits per heavy atom. The Morgan fingerprint density at radius 1 is 1.12 bits per heavy atom. The highest BCUT2D eigenvalue weighted by Gasteiger charge is 2.73. The van der Waals surface area contributed by atoms with Crippen LogP contribution in [-0.4, -0.2) is 54.5 Å². The molecule has 3 amide bonds. The molecule has 8 nitrogen and oxygen atoms in total. The van der Waals surface area contributed by atoms with Gasteiger partial charge >= 0.3 is 0 Å². The van der Waals surface area contributed by atoms with Crippen molar-refractivity contribution < 1.29 is 37.0 Å². The Hall–Kier alpha value is -3.18. The molecule has 1 aliphatic heterocycles. The zero-order valence-corrected chi connectivity index (χ0v) is 23.3. The lowest BCUT2D eigenvalue weighted by Gasteiger charge is -2.39. The van der Waals surface area contributed by atoms with Gasteiger partial charge in [0.05, 0.1) is 17.3 Å². The lowest BCUT2D eigenvalue weighted by molar-refractivity contribution is -0.130. The average molecular weight is 612 g/mol. The number of nitrogens with one attached hydrogen (secondary N) is 2. The summed E-state index contributed by atoms with van der Waals surface area (Å²) in [5.41, 5.74) is -2.11. The Morgan fingerprint density at radius 3 is 2.54 bits per heavy atom. The lowest BCUT2D eigenvalue weighted by Crippen LogP contribution is -2.54. The molecule has 2 N–H and O–H groups in total. The first-order valence-electron chi connectivity index (χ1n) is 13.1. The highest BCUT2D eigenvalue weighted by Crippen LogP contribution is 2.61. The largest absolute Gasteiger partial charge is 0.484 e. The number of rotatable bonds is 7. The first kappa shape index (κ1) is 28.0. The quantitative estimate of drug-likeness (QED) is 0.480. The normalized spacial score (nSPS) is 30.4. The van der Waals surface area contributed by atoms with Crippen molar-refractivity contribution in [2.24, 2.45) is 11.3 Å². The summed E-state index contributed by atoms with van der Waals surface area (Å²) in [6.07, 6.45) is 0.104.